The van der Waals surface area contributed by atoms with E-state index in [2.05, 4.69) is 0 Å². The van der Waals surface area contributed by atoms with E-state index >= 15 is 0 Å². The first-order valence-electron chi connectivity index (χ1n) is 8.86. The van der Waals surface area contributed by atoms with Gasteiger partial charge in [-0.3, -0.25) is 4.79 Å². The molecule has 0 radical (unpaired) electrons. The number of nitrogens with zero attached hydrogens (tertiary/aromatic N) is 1. The van der Waals surface area contributed by atoms with Crippen LogP contribution in [0, 0.1) is 11.3 Å². The Labute approximate surface area is 184 Å². The number of alkyl halides is 6. The number of nitrogens with one attached hydrogen (secondary N) is 1. The van der Waals surface area contributed by atoms with E-state index in [1.54, 1.807) is 6.07 Å². The fourth-order valence-corrected chi connectivity index (χ4v) is 2.73. The highest BCUT2D eigenvalue weighted by Crippen LogP contribution is 2.39. The Hall–Kier alpha value is -3.88. The third-order valence-electron chi connectivity index (χ3n) is 4.21. The standard InChI is InChI=1S/C21H16F6N2O4/c1-31-16-5-11(6-17(32-2)18(16)33-3)4-12(10-28)19(30)29-15-8-13(20(22,23)24)7-14(9-15)21(25,26)27/h4-9H,1-3H3,(H,29,30)/b12-4+. The molecule has 0 aromatic heterocycles. The van der Waals surface area contributed by atoms with Gasteiger partial charge >= 0.3 is 12.4 Å². The lowest BCUT2D eigenvalue weighted by molar-refractivity contribution is -0.143. The molecule has 0 aliphatic rings. The van der Waals surface area contributed by atoms with Crippen molar-refractivity contribution in [1.29, 1.82) is 5.26 Å². The fourth-order valence-electron chi connectivity index (χ4n) is 2.73. The van der Waals surface area contributed by atoms with Crippen molar-refractivity contribution in [3.63, 3.8) is 0 Å². The molecule has 0 saturated heterocycles. The fraction of sp³-hybridized carbons (Fsp3) is 0.238. The number of halogens is 6. The minimum atomic E-state index is -5.09. The molecule has 2 rings (SSSR count). The lowest BCUT2D eigenvalue weighted by atomic mass is 10.1. The minimum Gasteiger partial charge on any atom is -0.493 e. The number of amides is 1. The molecule has 0 bridgehead atoms. The lowest BCUT2D eigenvalue weighted by Gasteiger charge is -2.15. The zero-order valence-corrected chi connectivity index (χ0v) is 17.3. The normalized spacial score (nSPS) is 12.1. The van der Waals surface area contributed by atoms with Crippen molar-refractivity contribution in [2.45, 2.75) is 12.4 Å². The Morgan fingerprint density at radius 3 is 1.73 bits per heavy atom. The van der Waals surface area contributed by atoms with Crippen LogP contribution in [-0.2, 0) is 17.1 Å². The smallest absolute Gasteiger partial charge is 0.416 e. The summed E-state index contributed by atoms with van der Waals surface area (Å²) in [4.78, 5) is 12.5. The maximum absolute atomic E-state index is 13.0. The number of methoxy groups -OCH3 is 3. The second-order valence-electron chi connectivity index (χ2n) is 6.38. The Morgan fingerprint density at radius 1 is 0.879 bits per heavy atom. The van der Waals surface area contributed by atoms with Crippen LogP contribution >= 0.6 is 0 Å². The van der Waals surface area contributed by atoms with Crippen LogP contribution in [0.4, 0.5) is 32.0 Å². The summed E-state index contributed by atoms with van der Waals surface area (Å²) in [6, 6.07) is 4.92. The summed E-state index contributed by atoms with van der Waals surface area (Å²) in [5.41, 5.74) is -4.39. The summed E-state index contributed by atoms with van der Waals surface area (Å²) in [7, 11) is 4.01. The van der Waals surface area contributed by atoms with Crippen LogP contribution in [0.5, 0.6) is 17.2 Å². The van der Waals surface area contributed by atoms with Crippen LogP contribution in [0.3, 0.4) is 0 Å². The van der Waals surface area contributed by atoms with Crippen LogP contribution in [0.1, 0.15) is 16.7 Å². The van der Waals surface area contributed by atoms with E-state index in [1.807, 2.05) is 5.32 Å². The summed E-state index contributed by atoms with van der Waals surface area (Å²) in [5.74, 6) is -0.621. The number of benzene rings is 2. The monoisotopic (exact) mass is 474 g/mol. The van der Waals surface area contributed by atoms with Gasteiger partial charge in [-0.1, -0.05) is 0 Å². The number of anilines is 1. The molecule has 1 N–H and O–H groups in total. The molecule has 33 heavy (non-hydrogen) atoms. The molecule has 6 nitrogen and oxygen atoms in total. The summed E-state index contributed by atoms with van der Waals surface area (Å²) >= 11 is 0. The zero-order chi connectivity index (χ0) is 25.0. The number of carbonyl (C=O) groups is 1. The molecule has 12 heteroatoms. The third-order valence-corrected chi connectivity index (χ3v) is 4.21. The maximum Gasteiger partial charge on any atom is 0.416 e. The average Bonchev–Trinajstić information content (AvgIpc) is 2.74. The second kappa shape index (κ2) is 9.72. The van der Waals surface area contributed by atoms with E-state index in [-0.39, 0.29) is 28.9 Å². The molecule has 0 atom stereocenters. The van der Waals surface area contributed by atoms with Crippen molar-refractivity contribution >= 4 is 17.7 Å². The highest BCUT2D eigenvalue weighted by Gasteiger charge is 2.37. The number of ether oxygens (including phenoxy) is 3. The average molecular weight is 474 g/mol. The molecule has 1 amide bonds. The van der Waals surface area contributed by atoms with Crippen LogP contribution in [0.25, 0.3) is 6.08 Å². The molecular formula is C21H16F6N2O4. The number of nitriles is 1. The Bertz CT molecular complexity index is 1060. The lowest BCUT2D eigenvalue weighted by Crippen LogP contribution is -2.16. The van der Waals surface area contributed by atoms with Gasteiger partial charge in [0.2, 0.25) is 5.75 Å². The molecule has 0 aliphatic carbocycles. The molecule has 2 aromatic carbocycles. The summed E-state index contributed by atoms with van der Waals surface area (Å²) in [6.07, 6.45) is -9.13. The van der Waals surface area contributed by atoms with Crippen LogP contribution in [-0.4, -0.2) is 27.2 Å². The van der Waals surface area contributed by atoms with E-state index in [0.29, 0.717) is 12.1 Å². The SMILES string of the molecule is COc1cc(/C=C(\C#N)C(=O)Nc2cc(C(F)(F)F)cc(C(F)(F)F)c2)cc(OC)c1OC. The van der Waals surface area contributed by atoms with Gasteiger partial charge in [-0.25, -0.2) is 0 Å². The van der Waals surface area contributed by atoms with Gasteiger partial charge in [-0.2, -0.15) is 31.6 Å². The first kappa shape index (κ1) is 25.4. The maximum atomic E-state index is 13.0. The highest BCUT2D eigenvalue weighted by molar-refractivity contribution is 6.09. The van der Waals surface area contributed by atoms with Crippen molar-refractivity contribution in [2.24, 2.45) is 0 Å². The van der Waals surface area contributed by atoms with E-state index in [9.17, 15) is 36.4 Å². The Balaban J connectivity index is 2.47. The molecule has 0 saturated carbocycles. The summed E-state index contributed by atoms with van der Waals surface area (Å²) in [5, 5.41) is 11.2. The van der Waals surface area contributed by atoms with E-state index in [4.69, 9.17) is 14.2 Å². The van der Waals surface area contributed by atoms with Gasteiger partial charge in [0.25, 0.3) is 5.91 Å². The molecule has 2 aromatic rings. The first-order valence-corrected chi connectivity index (χ1v) is 8.86. The van der Waals surface area contributed by atoms with Crippen molar-refractivity contribution in [1.82, 2.24) is 0 Å². The Morgan fingerprint density at radius 2 is 1.36 bits per heavy atom. The van der Waals surface area contributed by atoms with Gasteiger partial charge in [-0.15, -0.1) is 0 Å². The van der Waals surface area contributed by atoms with Crippen LogP contribution < -0.4 is 19.5 Å². The molecule has 0 unspecified atom stereocenters. The molecule has 0 fully saturated rings. The predicted octanol–water partition coefficient (Wildman–Crippen LogP) is 5.30. The quantitative estimate of drug-likeness (QED) is 0.349. The number of hydrogen-bond donors (Lipinski definition) is 1. The highest BCUT2D eigenvalue weighted by atomic mass is 19.4. The largest absolute Gasteiger partial charge is 0.493 e. The molecule has 0 heterocycles. The van der Waals surface area contributed by atoms with Gasteiger partial charge in [0, 0.05) is 5.69 Å². The van der Waals surface area contributed by atoms with Gasteiger partial charge in [0.1, 0.15) is 11.6 Å². The van der Waals surface area contributed by atoms with Gasteiger partial charge in [-0.05, 0) is 42.0 Å². The number of carbonyl (C=O) groups excluding carboxylic acids is 1. The predicted molar refractivity (Wildman–Crippen MR) is 105 cm³/mol. The van der Waals surface area contributed by atoms with Crippen molar-refractivity contribution < 1.29 is 45.3 Å². The molecule has 176 valence electrons. The van der Waals surface area contributed by atoms with Crippen molar-refractivity contribution in [3.8, 4) is 23.3 Å². The topological polar surface area (TPSA) is 80.6 Å². The summed E-state index contributed by atoms with van der Waals surface area (Å²) in [6.45, 7) is 0. The van der Waals surface area contributed by atoms with Gasteiger partial charge in [0.05, 0.1) is 32.5 Å². The summed E-state index contributed by atoms with van der Waals surface area (Å²) < 4.78 is 93.5. The molecule has 0 aliphatic heterocycles. The Kier molecular flexibility index (Phi) is 7.48. The number of hydrogen-bond acceptors (Lipinski definition) is 5. The van der Waals surface area contributed by atoms with Gasteiger partial charge < -0.3 is 19.5 Å². The van der Waals surface area contributed by atoms with Crippen molar-refractivity contribution in [3.05, 3.63) is 52.6 Å². The molecule has 0 spiro atoms. The van der Waals surface area contributed by atoms with E-state index in [1.165, 1.54) is 33.5 Å². The molecular weight excluding hydrogens is 458 g/mol. The number of rotatable bonds is 6. The van der Waals surface area contributed by atoms with Crippen molar-refractivity contribution in [2.75, 3.05) is 26.6 Å². The third kappa shape index (κ3) is 6.09. The van der Waals surface area contributed by atoms with Gasteiger partial charge in [0.15, 0.2) is 11.5 Å². The van der Waals surface area contributed by atoms with Crippen LogP contribution in [0.2, 0.25) is 0 Å². The second-order valence-corrected chi connectivity index (χ2v) is 6.38. The van der Waals surface area contributed by atoms with E-state index < -0.39 is 40.6 Å². The minimum absolute atomic E-state index is 0.0768. The zero-order valence-electron chi connectivity index (χ0n) is 17.3. The van der Waals surface area contributed by atoms with E-state index in [0.717, 1.165) is 6.08 Å². The first-order chi connectivity index (χ1) is 15.3. The van der Waals surface area contributed by atoms with Crippen LogP contribution in [0.15, 0.2) is 35.9 Å².